The van der Waals surface area contributed by atoms with Crippen molar-refractivity contribution in [2.45, 2.75) is 51.9 Å². The molecule has 114 valence electrons. The largest absolute Gasteiger partial charge is 0.460 e. The van der Waals surface area contributed by atoms with Crippen molar-refractivity contribution in [1.82, 2.24) is 5.32 Å². The molecule has 1 aliphatic carbocycles. The van der Waals surface area contributed by atoms with E-state index in [1.54, 1.807) is 0 Å². The van der Waals surface area contributed by atoms with E-state index < -0.39 is 0 Å². The van der Waals surface area contributed by atoms with Gasteiger partial charge in [-0.25, -0.2) is 0 Å². The van der Waals surface area contributed by atoms with Gasteiger partial charge in [0.15, 0.2) is 0 Å². The van der Waals surface area contributed by atoms with Crippen LogP contribution in [-0.4, -0.2) is 13.1 Å². The quantitative estimate of drug-likeness (QED) is 0.798. The van der Waals surface area contributed by atoms with Crippen LogP contribution < -0.4 is 5.32 Å². The maximum absolute atomic E-state index is 6.28. The van der Waals surface area contributed by atoms with Gasteiger partial charge in [-0.3, -0.25) is 0 Å². The van der Waals surface area contributed by atoms with Crippen molar-refractivity contribution in [3.63, 3.8) is 0 Å². The summed E-state index contributed by atoms with van der Waals surface area (Å²) in [7, 11) is 0. The predicted octanol–water partition coefficient (Wildman–Crippen LogP) is 5.01. The van der Waals surface area contributed by atoms with Crippen molar-refractivity contribution < 1.29 is 4.42 Å². The highest BCUT2D eigenvalue weighted by Gasteiger charge is 2.27. The summed E-state index contributed by atoms with van der Waals surface area (Å²) in [5, 5.41) is 4.81. The Morgan fingerprint density at radius 2 is 2.05 bits per heavy atom. The number of hydrogen-bond donors (Lipinski definition) is 1. The fourth-order valence-electron chi connectivity index (χ4n) is 3.74. The molecule has 0 saturated heterocycles. The summed E-state index contributed by atoms with van der Waals surface area (Å²) in [5.41, 5.74) is 2.33. The Labute approximate surface area is 127 Å². The van der Waals surface area contributed by atoms with E-state index in [0.29, 0.717) is 11.8 Å². The minimum Gasteiger partial charge on any atom is -0.460 e. The van der Waals surface area contributed by atoms with Gasteiger partial charge in [0.05, 0.1) is 0 Å². The summed E-state index contributed by atoms with van der Waals surface area (Å²) in [5.74, 6) is 2.51. The second kappa shape index (κ2) is 6.65. The van der Waals surface area contributed by atoms with E-state index in [-0.39, 0.29) is 0 Å². The van der Waals surface area contributed by atoms with Crippen molar-refractivity contribution >= 4 is 11.0 Å². The predicted molar refractivity (Wildman–Crippen MR) is 88.8 cm³/mol. The van der Waals surface area contributed by atoms with Crippen molar-refractivity contribution in [1.29, 1.82) is 0 Å². The molecule has 1 aromatic heterocycles. The Hall–Kier alpha value is -1.28. The molecule has 1 fully saturated rings. The van der Waals surface area contributed by atoms with Gasteiger partial charge >= 0.3 is 0 Å². The standard InChI is InChI=1S/C19H27NO/c1-3-20-13-16-9-5-4-6-11-17(16)18-12-15-10-7-8-14(2)19(15)21-18/h7-8,10,12,16-17,20H,3-6,9,11,13H2,1-2H3. The molecule has 21 heavy (non-hydrogen) atoms. The number of benzene rings is 1. The minimum absolute atomic E-state index is 0.582. The van der Waals surface area contributed by atoms with Gasteiger partial charge in [-0.15, -0.1) is 0 Å². The molecule has 0 spiro atoms. The third kappa shape index (κ3) is 3.16. The number of fused-ring (bicyclic) bond motifs is 1. The Bertz CT molecular complexity index is 586. The second-order valence-electron chi connectivity index (χ2n) is 6.45. The number of para-hydroxylation sites is 1. The molecule has 2 nitrogen and oxygen atoms in total. The summed E-state index contributed by atoms with van der Waals surface area (Å²) in [6.45, 7) is 6.51. The molecule has 2 aromatic rings. The second-order valence-corrected chi connectivity index (χ2v) is 6.45. The zero-order valence-electron chi connectivity index (χ0n) is 13.3. The van der Waals surface area contributed by atoms with Gasteiger partial charge in [-0.2, -0.15) is 0 Å². The molecule has 1 aliphatic rings. The van der Waals surface area contributed by atoms with Crippen LogP contribution in [0.5, 0.6) is 0 Å². The van der Waals surface area contributed by atoms with E-state index >= 15 is 0 Å². The molecule has 0 aliphatic heterocycles. The SMILES string of the molecule is CCNCC1CCCCCC1c1cc2cccc(C)c2o1. The van der Waals surface area contributed by atoms with Gasteiger partial charge in [0.2, 0.25) is 0 Å². The summed E-state index contributed by atoms with van der Waals surface area (Å²) in [4.78, 5) is 0. The summed E-state index contributed by atoms with van der Waals surface area (Å²) >= 11 is 0. The maximum atomic E-state index is 6.28. The highest BCUT2D eigenvalue weighted by atomic mass is 16.3. The lowest BCUT2D eigenvalue weighted by Crippen LogP contribution is -2.26. The molecule has 1 saturated carbocycles. The van der Waals surface area contributed by atoms with Crippen LogP contribution in [0.3, 0.4) is 0 Å². The zero-order chi connectivity index (χ0) is 14.7. The smallest absolute Gasteiger partial charge is 0.137 e. The first-order chi connectivity index (χ1) is 10.3. The fraction of sp³-hybridized carbons (Fsp3) is 0.579. The molecular weight excluding hydrogens is 258 g/mol. The monoisotopic (exact) mass is 285 g/mol. The number of nitrogens with one attached hydrogen (secondary N) is 1. The van der Waals surface area contributed by atoms with Gasteiger partial charge in [0.1, 0.15) is 11.3 Å². The Kier molecular flexibility index (Phi) is 4.64. The number of hydrogen-bond acceptors (Lipinski definition) is 2. The average Bonchev–Trinajstić information content (AvgIpc) is 2.79. The molecule has 2 atom stereocenters. The number of rotatable bonds is 4. The zero-order valence-corrected chi connectivity index (χ0v) is 13.3. The van der Waals surface area contributed by atoms with Crippen LogP contribution in [0, 0.1) is 12.8 Å². The van der Waals surface area contributed by atoms with Crippen LogP contribution in [0.1, 0.15) is 56.3 Å². The van der Waals surface area contributed by atoms with Crippen LogP contribution in [0.4, 0.5) is 0 Å². The van der Waals surface area contributed by atoms with Crippen LogP contribution in [0.2, 0.25) is 0 Å². The van der Waals surface area contributed by atoms with Crippen molar-refractivity contribution in [2.75, 3.05) is 13.1 Å². The molecule has 0 amide bonds. The lowest BCUT2D eigenvalue weighted by Gasteiger charge is -2.23. The van der Waals surface area contributed by atoms with E-state index in [1.165, 1.54) is 48.8 Å². The summed E-state index contributed by atoms with van der Waals surface area (Å²) < 4.78 is 6.28. The van der Waals surface area contributed by atoms with Crippen LogP contribution >= 0.6 is 0 Å². The lowest BCUT2D eigenvalue weighted by atomic mass is 9.86. The number of aryl methyl sites for hydroxylation is 1. The summed E-state index contributed by atoms with van der Waals surface area (Å²) in [6.07, 6.45) is 6.68. The third-order valence-corrected chi connectivity index (χ3v) is 4.94. The Morgan fingerprint density at radius 3 is 2.86 bits per heavy atom. The van der Waals surface area contributed by atoms with E-state index in [4.69, 9.17) is 4.42 Å². The highest BCUT2D eigenvalue weighted by molar-refractivity contribution is 5.81. The lowest BCUT2D eigenvalue weighted by molar-refractivity contribution is 0.336. The molecule has 1 aromatic carbocycles. The van der Waals surface area contributed by atoms with Crippen molar-refractivity contribution in [2.24, 2.45) is 5.92 Å². The molecule has 1 heterocycles. The Balaban J connectivity index is 1.90. The molecule has 3 rings (SSSR count). The van der Waals surface area contributed by atoms with Gasteiger partial charge in [-0.05, 0) is 50.4 Å². The third-order valence-electron chi connectivity index (χ3n) is 4.94. The molecular formula is C19H27NO. The maximum Gasteiger partial charge on any atom is 0.137 e. The van der Waals surface area contributed by atoms with Crippen LogP contribution in [0.15, 0.2) is 28.7 Å². The van der Waals surface area contributed by atoms with Gasteiger partial charge in [0, 0.05) is 11.3 Å². The first-order valence-corrected chi connectivity index (χ1v) is 8.49. The molecule has 0 radical (unpaired) electrons. The van der Waals surface area contributed by atoms with Gasteiger partial charge in [0.25, 0.3) is 0 Å². The first-order valence-electron chi connectivity index (χ1n) is 8.49. The van der Waals surface area contributed by atoms with Crippen molar-refractivity contribution in [3.05, 3.63) is 35.6 Å². The van der Waals surface area contributed by atoms with Gasteiger partial charge in [-0.1, -0.05) is 44.4 Å². The number of furan rings is 1. The van der Waals surface area contributed by atoms with Crippen LogP contribution in [0.25, 0.3) is 11.0 Å². The van der Waals surface area contributed by atoms with E-state index in [1.807, 2.05) is 0 Å². The van der Waals surface area contributed by atoms with Gasteiger partial charge < -0.3 is 9.73 Å². The van der Waals surface area contributed by atoms with E-state index in [9.17, 15) is 0 Å². The topological polar surface area (TPSA) is 25.2 Å². The molecule has 2 heteroatoms. The normalized spacial score (nSPS) is 23.3. The minimum atomic E-state index is 0.582. The molecule has 1 N–H and O–H groups in total. The highest BCUT2D eigenvalue weighted by Crippen LogP contribution is 2.39. The van der Waals surface area contributed by atoms with E-state index in [2.05, 4.69) is 43.4 Å². The van der Waals surface area contributed by atoms with Crippen LogP contribution in [-0.2, 0) is 0 Å². The fourth-order valence-corrected chi connectivity index (χ4v) is 3.74. The summed E-state index contributed by atoms with van der Waals surface area (Å²) in [6, 6.07) is 8.72. The first kappa shape index (κ1) is 14.6. The Morgan fingerprint density at radius 1 is 1.19 bits per heavy atom. The van der Waals surface area contributed by atoms with E-state index in [0.717, 1.165) is 18.7 Å². The average molecular weight is 285 g/mol. The van der Waals surface area contributed by atoms with Crippen molar-refractivity contribution in [3.8, 4) is 0 Å². The molecule has 0 bridgehead atoms. The molecule has 2 unspecified atom stereocenters.